The van der Waals surface area contributed by atoms with Crippen LogP contribution in [0.5, 0.6) is 0 Å². The molecule has 0 aliphatic carbocycles. The van der Waals surface area contributed by atoms with Crippen LogP contribution in [-0.4, -0.2) is 27.7 Å². The number of thiophene rings is 1. The molecule has 2 rings (SSSR count). The third-order valence-electron chi connectivity index (χ3n) is 5.02. The van der Waals surface area contributed by atoms with E-state index in [0.29, 0.717) is 29.2 Å². The van der Waals surface area contributed by atoms with Gasteiger partial charge in [0.25, 0.3) is 5.56 Å². The molecule has 7 heteroatoms. The van der Waals surface area contributed by atoms with Crippen molar-refractivity contribution >= 4 is 39.2 Å². The number of carbonyl (C=O) groups is 1. The predicted molar refractivity (Wildman–Crippen MR) is 117 cm³/mol. The molecule has 2 aromatic rings. The topological polar surface area (TPSA) is 74.8 Å². The Morgan fingerprint density at radius 2 is 2.00 bits per heavy atom. The molecule has 5 nitrogen and oxygen atoms in total. The first-order chi connectivity index (χ1) is 12.7. The van der Waals surface area contributed by atoms with E-state index in [4.69, 9.17) is 0 Å². The highest BCUT2D eigenvalue weighted by molar-refractivity contribution is 7.99. The summed E-state index contributed by atoms with van der Waals surface area (Å²) in [6.45, 7) is 12.6. The number of aromatic amines is 1. The molecule has 0 bridgehead atoms. The lowest BCUT2D eigenvalue weighted by Gasteiger charge is -2.17. The Balaban J connectivity index is 2.06. The van der Waals surface area contributed by atoms with Crippen molar-refractivity contribution in [1.82, 2.24) is 15.3 Å². The zero-order valence-electron chi connectivity index (χ0n) is 17.1. The van der Waals surface area contributed by atoms with E-state index in [-0.39, 0.29) is 17.5 Å². The van der Waals surface area contributed by atoms with Gasteiger partial charge in [0, 0.05) is 10.9 Å². The number of aromatic nitrogens is 2. The van der Waals surface area contributed by atoms with Crippen molar-refractivity contribution in [2.45, 2.75) is 66.2 Å². The molecule has 2 heterocycles. The number of thioether (sulfide) groups is 1. The molecule has 0 saturated heterocycles. The van der Waals surface area contributed by atoms with Crippen LogP contribution in [0.2, 0.25) is 0 Å². The summed E-state index contributed by atoms with van der Waals surface area (Å²) in [5, 5.41) is 3.74. The van der Waals surface area contributed by atoms with E-state index in [2.05, 4.69) is 49.9 Å². The van der Waals surface area contributed by atoms with Gasteiger partial charge in [-0.15, -0.1) is 23.1 Å². The number of hydrogen-bond donors (Lipinski definition) is 2. The number of carbonyl (C=O) groups excluding carboxylic acids is 1. The van der Waals surface area contributed by atoms with Gasteiger partial charge >= 0.3 is 0 Å². The average molecular weight is 410 g/mol. The van der Waals surface area contributed by atoms with E-state index in [1.165, 1.54) is 16.6 Å². The highest BCUT2D eigenvalue weighted by atomic mass is 32.2. The van der Waals surface area contributed by atoms with Crippen LogP contribution >= 0.6 is 23.1 Å². The molecule has 0 spiro atoms. The summed E-state index contributed by atoms with van der Waals surface area (Å²) in [7, 11) is 0. The zero-order valence-corrected chi connectivity index (χ0v) is 18.8. The standard InChI is InChI=1S/C20H31N3O2S2/c1-7-12(4)8-15-14(6)27-20-18(15)19(25)22-16(23-20)9-26-10-17(24)21-13(5)11(2)3/h11-13H,7-10H2,1-6H3,(H,21,24)(H,22,23,25)/t12-,13-/m0/s1. The monoisotopic (exact) mass is 409 g/mol. The maximum Gasteiger partial charge on any atom is 0.259 e. The van der Waals surface area contributed by atoms with Crippen molar-refractivity contribution < 1.29 is 4.79 Å². The molecule has 0 radical (unpaired) electrons. The van der Waals surface area contributed by atoms with Gasteiger partial charge in [-0.2, -0.15) is 0 Å². The molecule has 0 aromatic carbocycles. The average Bonchev–Trinajstić information content (AvgIpc) is 2.90. The summed E-state index contributed by atoms with van der Waals surface area (Å²) in [6.07, 6.45) is 2.00. The summed E-state index contributed by atoms with van der Waals surface area (Å²) < 4.78 is 0. The SMILES string of the molecule is CC[C@H](C)Cc1c(C)sc2nc(CSCC(=O)N[C@@H](C)C(C)C)[nH]c(=O)c12. The van der Waals surface area contributed by atoms with Gasteiger partial charge in [-0.05, 0) is 37.7 Å². The maximum absolute atomic E-state index is 12.6. The van der Waals surface area contributed by atoms with Crippen LogP contribution < -0.4 is 10.9 Å². The van der Waals surface area contributed by atoms with Crippen molar-refractivity contribution in [3.05, 3.63) is 26.6 Å². The van der Waals surface area contributed by atoms with Crippen molar-refractivity contribution in [2.75, 3.05) is 5.75 Å². The van der Waals surface area contributed by atoms with E-state index >= 15 is 0 Å². The number of H-pyrrole nitrogens is 1. The lowest BCUT2D eigenvalue weighted by molar-refractivity contribution is -0.119. The molecule has 0 aliphatic rings. The van der Waals surface area contributed by atoms with E-state index in [1.807, 2.05) is 6.92 Å². The number of amides is 1. The first kappa shape index (κ1) is 22.0. The summed E-state index contributed by atoms with van der Waals surface area (Å²) in [6, 6.07) is 0.158. The Bertz CT molecular complexity index is 842. The fourth-order valence-corrected chi connectivity index (χ4v) is 4.50. The molecule has 27 heavy (non-hydrogen) atoms. The van der Waals surface area contributed by atoms with Crippen LogP contribution in [0, 0.1) is 18.8 Å². The second-order valence-corrected chi connectivity index (χ2v) is 9.83. The summed E-state index contributed by atoms with van der Waals surface area (Å²) >= 11 is 3.06. The molecule has 0 fully saturated rings. The minimum atomic E-state index is -0.0591. The fraction of sp³-hybridized carbons (Fsp3) is 0.650. The molecule has 0 saturated carbocycles. The Hall–Kier alpha value is -1.34. The van der Waals surface area contributed by atoms with E-state index < -0.39 is 0 Å². The molecule has 0 aliphatic heterocycles. The fourth-order valence-electron chi connectivity index (χ4n) is 2.73. The Kier molecular flexibility index (Phi) is 7.91. The van der Waals surface area contributed by atoms with Crippen molar-refractivity contribution in [1.29, 1.82) is 0 Å². The van der Waals surface area contributed by atoms with Crippen LogP contribution in [0.15, 0.2) is 4.79 Å². The van der Waals surface area contributed by atoms with Crippen LogP contribution in [-0.2, 0) is 17.0 Å². The molecular weight excluding hydrogens is 378 g/mol. The van der Waals surface area contributed by atoms with Crippen LogP contribution in [0.25, 0.3) is 10.2 Å². The number of hydrogen-bond acceptors (Lipinski definition) is 5. The van der Waals surface area contributed by atoms with Crippen molar-refractivity contribution in [3.8, 4) is 0 Å². The summed E-state index contributed by atoms with van der Waals surface area (Å²) in [5.41, 5.74) is 1.08. The van der Waals surface area contributed by atoms with Crippen molar-refractivity contribution in [2.24, 2.45) is 11.8 Å². The van der Waals surface area contributed by atoms with Crippen LogP contribution in [0.1, 0.15) is 57.3 Å². The van der Waals surface area contributed by atoms with Gasteiger partial charge in [-0.3, -0.25) is 9.59 Å². The molecular formula is C20H31N3O2S2. The normalized spacial score (nSPS) is 13.9. The molecule has 2 N–H and O–H groups in total. The minimum absolute atomic E-state index is 0.0208. The Morgan fingerprint density at radius 1 is 1.30 bits per heavy atom. The number of aryl methyl sites for hydroxylation is 1. The van der Waals surface area contributed by atoms with E-state index in [1.54, 1.807) is 11.3 Å². The largest absolute Gasteiger partial charge is 0.353 e. The first-order valence-corrected chi connectivity index (χ1v) is 11.6. The molecule has 1 amide bonds. The molecule has 2 aromatic heterocycles. The molecule has 150 valence electrons. The van der Waals surface area contributed by atoms with Gasteiger partial charge in [0.2, 0.25) is 5.91 Å². The lowest BCUT2D eigenvalue weighted by atomic mass is 9.98. The lowest BCUT2D eigenvalue weighted by Crippen LogP contribution is -2.37. The van der Waals surface area contributed by atoms with Gasteiger partial charge < -0.3 is 10.3 Å². The van der Waals surface area contributed by atoms with Gasteiger partial charge in [0.15, 0.2) is 0 Å². The maximum atomic E-state index is 12.6. The zero-order chi connectivity index (χ0) is 20.1. The Morgan fingerprint density at radius 3 is 2.63 bits per heavy atom. The highest BCUT2D eigenvalue weighted by Crippen LogP contribution is 2.29. The second kappa shape index (κ2) is 9.73. The van der Waals surface area contributed by atoms with Gasteiger partial charge in [0.1, 0.15) is 10.7 Å². The van der Waals surface area contributed by atoms with Crippen LogP contribution in [0.3, 0.4) is 0 Å². The summed E-state index contributed by atoms with van der Waals surface area (Å²) in [5.74, 6) is 2.49. The number of nitrogens with one attached hydrogen (secondary N) is 2. The first-order valence-electron chi connectivity index (χ1n) is 9.61. The van der Waals surface area contributed by atoms with Gasteiger partial charge in [-0.25, -0.2) is 4.98 Å². The van der Waals surface area contributed by atoms with E-state index in [9.17, 15) is 9.59 Å². The smallest absolute Gasteiger partial charge is 0.259 e. The molecule has 2 atom stereocenters. The van der Waals surface area contributed by atoms with Crippen LogP contribution in [0.4, 0.5) is 0 Å². The predicted octanol–water partition coefficient (Wildman–Crippen LogP) is 4.28. The van der Waals surface area contributed by atoms with E-state index in [0.717, 1.165) is 28.6 Å². The Labute approximate surface area is 169 Å². The third-order valence-corrected chi connectivity index (χ3v) is 7.01. The van der Waals surface area contributed by atoms with Gasteiger partial charge in [-0.1, -0.05) is 34.1 Å². The quantitative estimate of drug-likeness (QED) is 0.648. The van der Waals surface area contributed by atoms with Gasteiger partial charge in [0.05, 0.1) is 16.9 Å². The minimum Gasteiger partial charge on any atom is -0.353 e. The number of fused-ring (bicyclic) bond motifs is 1. The highest BCUT2D eigenvalue weighted by Gasteiger charge is 2.17. The second-order valence-electron chi connectivity index (χ2n) is 7.64. The number of nitrogens with zero attached hydrogens (tertiary/aromatic N) is 1. The third kappa shape index (κ3) is 5.82. The molecule has 0 unspecified atom stereocenters. The van der Waals surface area contributed by atoms with Crippen molar-refractivity contribution in [3.63, 3.8) is 0 Å². The summed E-state index contributed by atoms with van der Waals surface area (Å²) in [4.78, 5) is 34.2. The number of rotatable bonds is 9.